The minimum absolute atomic E-state index is 0.187. The molecule has 1 amide bonds. The first kappa shape index (κ1) is 19.4. The molecular weight excluding hydrogens is 407 g/mol. The Morgan fingerprint density at radius 3 is 2.55 bits per heavy atom. The van der Waals surface area contributed by atoms with Crippen LogP contribution in [0.1, 0.15) is 27.3 Å². The van der Waals surface area contributed by atoms with Gasteiger partial charge >= 0.3 is 0 Å². The predicted molar refractivity (Wildman–Crippen MR) is 116 cm³/mol. The lowest BCUT2D eigenvalue weighted by Gasteiger charge is -2.17. The Labute approximate surface area is 178 Å². The van der Waals surface area contributed by atoms with E-state index >= 15 is 0 Å². The Balaban J connectivity index is 1.89. The van der Waals surface area contributed by atoms with Gasteiger partial charge in [0.15, 0.2) is 5.69 Å². The first-order valence-electron chi connectivity index (χ1n) is 8.91. The maximum atomic E-state index is 13.1. The lowest BCUT2D eigenvalue weighted by Crippen LogP contribution is -2.23. The maximum absolute atomic E-state index is 13.1. The molecule has 0 atom stereocenters. The number of nitrogens with zero attached hydrogens (tertiary/aromatic N) is 3. The number of hydrogen-bond acceptors (Lipinski definition) is 3. The van der Waals surface area contributed by atoms with Gasteiger partial charge in [-0.2, -0.15) is 0 Å². The number of aromatic nitrogens is 1. The molecule has 0 unspecified atom stereocenters. The van der Waals surface area contributed by atoms with Crippen molar-refractivity contribution in [2.45, 2.75) is 20.0 Å². The van der Waals surface area contributed by atoms with Crippen molar-refractivity contribution >= 4 is 40.5 Å². The molecule has 0 aliphatic carbocycles. The minimum atomic E-state index is -0.187. The van der Waals surface area contributed by atoms with Crippen molar-refractivity contribution in [1.82, 2.24) is 4.98 Å². The molecule has 3 aromatic rings. The van der Waals surface area contributed by atoms with Gasteiger partial charge in [-0.15, -0.1) is 0 Å². The van der Waals surface area contributed by atoms with Crippen LogP contribution in [-0.4, -0.2) is 10.9 Å². The lowest BCUT2D eigenvalue weighted by atomic mass is 9.93. The highest BCUT2D eigenvalue weighted by molar-refractivity contribution is 6.36. The number of hydrogen-bond donors (Lipinski definition) is 1. The van der Waals surface area contributed by atoms with Crippen molar-refractivity contribution in [2.75, 3.05) is 4.90 Å². The summed E-state index contributed by atoms with van der Waals surface area (Å²) in [5.41, 5.74) is 11.6. The molecule has 0 saturated heterocycles. The number of rotatable bonds is 3. The number of benzene rings is 2. The average molecular weight is 423 g/mol. The number of carbonyl (C=O) groups is 1. The molecule has 0 radical (unpaired) electrons. The monoisotopic (exact) mass is 422 g/mol. The van der Waals surface area contributed by atoms with Gasteiger partial charge in [-0.05, 0) is 42.3 Å². The second kappa shape index (κ2) is 7.49. The van der Waals surface area contributed by atoms with E-state index in [0.29, 0.717) is 39.4 Å². The van der Waals surface area contributed by atoms with Crippen LogP contribution in [0.4, 0.5) is 11.4 Å². The molecule has 1 aliphatic heterocycles. The summed E-state index contributed by atoms with van der Waals surface area (Å²) >= 11 is 12.6. The van der Waals surface area contributed by atoms with Crippen LogP contribution in [0, 0.1) is 13.5 Å². The van der Waals surface area contributed by atoms with E-state index in [4.69, 9.17) is 35.5 Å². The molecule has 144 valence electrons. The number of aryl methyl sites for hydroxylation is 1. The molecule has 7 heteroatoms. The van der Waals surface area contributed by atoms with Crippen LogP contribution in [0.2, 0.25) is 10.0 Å². The maximum Gasteiger partial charge on any atom is 0.277 e. The Morgan fingerprint density at radius 2 is 1.93 bits per heavy atom. The van der Waals surface area contributed by atoms with Gasteiger partial charge in [-0.1, -0.05) is 41.4 Å². The summed E-state index contributed by atoms with van der Waals surface area (Å²) in [6.45, 7) is 9.56. The first-order chi connectivity index (χ1) is 13.9. The Hall–Kier alpha value is -2.91. The molecule has 0 bridgehead atoms. The molecule has 5 nitrogen and oxygen atoms in total. The fourth-order valence-corrected chi connectivity index (χ4v) is 4.16. The third-order valence-corrected chi connectivity index (χ3v) is 5.61. The van der Waals surface area contributed by atoms with Gasteiger partial charge in [0.2, 0.25) is 0 Å². The van der Waals surface area contributed by atoms with E-state index in [0.717, 1.165) is 22.3 Å². The molecule has 2 aromatic carbocycles. The molecule has 2 N–H and O–H groups in total. The van der Waals surface area contributed by atoms with E-state index in [9.17, 15) is 4.79 Å². The minimum Gasteiger partial charge on any atom is -0.326 e. The number of anilines is 1. The van der Waals surface area contributed by atoms with Gasteiger partial charge in [-0.25, -0.2) is 9.83 Å². The second-order valence-electron chi connectivity index (χ2n) is 6.73. The molecule has 29 heavy (non-hydrogen) atoms. The SMILES string of the molecule is [C-]#[N+]c1ccc(N2Cc3c(nc(C)c(CN)c3-c3ccc(Cl)cc3Cl)C2=O)cc1. The Kier molecular flexibility index (Phi) is 5.01. The van der Waals surface area contributed by atoms with E-state index in [1.807, 2.05) is 13.0 Å². The third kappa shape index (κ3) is 3.26. The summed E-state index contributed by atoms with van der Waals surface area (Å²) in [5.74, 6) is -0.187. The van der Waals surface area contributed by atoms with E-state index < -0.39 is 0 Å². The third-order valence-electron chi connectivity index (χ3n) is 5.06. The van der Waals surface area contributed by atoms with Gasteiger partial charge in [0.05, 0.1) is 13.1 Å². The van der Waals surface area contributed by atoms with Crippen LogP contribution in [-0.2, 0) is 13.1 Å². The normalized spacial score (nSPS) is 12.8. The molecular formula is C22H16Cl2N4O. The van der Waals surface area contributed by atoms with Crippen molar-refractivity contribution in [2.24, 2.45) is 5.73 Å². The van der Waals surface area contributed by atoms with Gasteiger partial charge in [0.1, 0.15) is 5.69 Å². The number of fused-ring (bicyclic) bond motifs is 1. The van der Waals surface area contributed by atoms with Crippen LogP contribution < -0.4 is 10.6 Å². The fourth-order valence-electron chi connectivity index (χ4n) is 3.66. The fraction of sp³-hybridized carbons (Fsp3) is 0.136. The highest BCUT2D eigenvalue weighted by Crippen LogP contribution is 2.41. The smallest absolute Gasteiger partial charge is 0.277 e. The van der Waals surface area contributed by atoms with Crippen LogP contribution in [0.15, 0.2) is 42.5 Å². The summed E-state index contributed by atoms with van der Waals surface area (Å²) in [5, 5.41) is 1.03. The number of pyridine rings is 1. The average Bonchev–Trinajstić information content (AvgIpc) is 3.03. The van der Waals surface area contributed by atoms with Crippen molar-refractivity contribution in [3.8, 4) is 11.1 Å². The van der Waals surface area contributed by atoms with Crippen molar-refractivity contribution in [1.29, 1.82) is 0 Å². The molecule has 0 fully saturated rings. The zero-order chi connectivity index (χ0) is 20.7. The largest absolute Gasteiger partial charge is 0.326 e. The van der Waals surface area contributed by atoms with E-state index in [-0.39, 0.29) is 12.5 Å². The number of nitrogens with two attached hydrogens (primary N) is 1. The topological polar surface area (TPSA) is 63.6 Å². The standard InChI is InChI=1S/C22H16Cl2N4O/c1-12-17(10-25)20(16-8-3-13(23)9-19(16)24)18-11-28(22(29)21(18)27-12)15-6-4-14(26-2)5-7-15/h3-9H,10-11,25H2,1H3. The van der Waals surface area contributed by atoms with Crippen molar-refractivity contribution in [3.05, 3.63) is 86.4 Å². The van der Waals surface area contributed by atoms with Crippen LogP contribution >= 0.6 is 23.2 Å². The quantitative estimate of drug-likeness (QED) is 0.563. The summed E-state index contributed by atoms with van der Waals surface area (Å²) < 4.78 is 0. The van der Waals surface area contributed by atoms with E-state index in [2.05, 4.69) is 9.83 Å². The van der Waals surface area contributed by atoms with Gasteiger partial charge in [-0.3, -0.25) is 4.79 Å². The predicted octanol–water partition coefficient (Wildman–Crippen LogP) is 5.53. The highest BCUT2D eigenvalue weighted by Gasteiger charge is 2.34. The number of amides is 1. The van der Waals surface area contributed by atoms with E-state index in [1.54, 1.807) is 41.3 Å². The van der Waals surface area contributed by atoms with Crippen LogP contribution in [0.3, 0.4) is 0 Å². The molecule has 0 spiro atoms. The molecule has 0 saturated carbocycles. The zero-order valence-corrected chi connectivity index (χ0v) is 17.1. The number of carbonyl (C=O) groups excluding carboxylic acids is 1. The molecule has 2 heterocycles. The zero-order valence-electron chi connectivity index (χ0n) is 15.5. The molecule has 4 rings (SSSR count). The van der Waals surface area contributed by atoms with Crippen molar-refractivity contribution < 1.29 is 4.79 Å². The second-order valence-corrected chi connectivity index (χ2v) is 7.57. The summed E-state index contributed by atoms with van der Waals surface area (Å²) in [7, 11) is 0. The summed E-state index contributed by atoms with van der Waals surface area (Å²) in [6, 6.07) is 12.2. The van der Waals surface area contributed by atoms with Gasteiger partial charge in [0, 0.05) is 39.1 Å². The Morgan fingerprint density at radius 1 is 1.21 bits per heavy atom. The molecule has 1 aliphatic rings. The Bertz CT molecular complexity index is 1180. The molecule has 1 aromatic heterocycles. The van der Waals surface area contributed by atoms with Gasteiger partial charge < -0.3 is 10.6 Å². The van der Waals surface area contributed by atoms with Gasteiger partial charge in [0.25, 0.3) is 5.91 Å². The summed E-state index contributed by atoms with van der Waals surface area (Å²) in [4.78, 5) is 22.8. The lowest BCUT2D eigenvalue weighted by molar-refractivity contribution is 0.0992. The van der Waals surface area contributed by atoms with Crippen LogP contribution in [0.25, 0.3) is 16.0 Å². The summed E-state index contributed by atoms with van der Waals surface area (Å²) in [6.07, 6.45) is 0. The number of halogens is 2. The van der Waals surface area contributed by atoms with Crippen LogP contribution in [0.5, 0.6) is 0 Å². The highest BCUT2D eigenvalue weighted by atomic mass is 35.5. The van der Waals surface area contributed by atoms with E-state index in [1.165, 1.54) is 0 Å². The van der Waals surface area contributed by atoms with Crippen molar-refractivity contribution in [3.63, 3.8) is 0 Å². The first-order valence-corrected chi connectivity index (χ1v) is 9.67.